The number of methoxy groups -OCH3 is 1. The average molecular weight is 190 g/mol. The fraction of sp³-hybridized carbons (Fsp3) is 0.750. The maximum Gasteiger partial charge on any atom is 0.407 e. The quantitative estimate of drug-likeness (QED) is 0.596. The van der Waals surface area contributed by atoms with Gasteiger partial charge in [0, 0.05) is 13.7 Å². The van der Waals surface area contributed by atoms with Gasteiger partial charge < -0.3 is 19.5 Å². The lowest BCUT2D eigenvalue weighted by atomic mass is 10.7. The van der Waals surface area contributed by atoms with Crippen molar-refractivity contribution in [1.82, 2.24) is 5.32 Å². The molecule has 1 N–H and O–H groups in total. The molecule has 1 radical (unpaired) electrons. The van der Waals surface area contributed by atoms with Gasteiger partial charge in [0.15, 0.2) is 0 Å². The van der Waals surface area contributed by atoms with E-state index in [0.29, 0.717) is 19.8 Å². The molecule has 0 aliphatic carbocycles. The summed E-state index contributed by atoms with van der Waals surface area (Å²) in [5, 5.41) is 2.51. The summed E-state index contributed by atoms with van der Waals surface area (Å²) >= 11 is 0. The van der Waals surface area contributed by atoms with E-state index in [9.17, 15) is 4.79 Å². The summed E-state index contributed by atoms with van der Waals surface area (Å²) in [6, 6.07) is 0. The number of hydrogen-bond donors (Lipinski definition) is 1. The van der Waals surface area contributed by atoms with E-state index in [0.717, 1.165) is 0 Å². The topological polar surface area (TPSA) is 56.8 Å². The van der Waals surface area contributed by atoms with Crippen LogP contribution >= 0.6 is 0 Å². The lowest BCUT2D eigenvalue weighted by Gasteiger charge is -2.05. The minimum atomic E-state index is -0.447. The molecule has 0 aromatic carbocycles. The van der Waals surface area contributed by atoms with Crippen LogP contribution in [0.15, 0.2) is 0 Å². The fourth-order valence-corrected chi connectivity index (χ4v) is 0.607. The first-order chi connectivity index (χ1) is 6.31. The molecule has 1 amide bonds. The Hall–Kier alpha value is -0.810. The summed E-state index contributed by atoms with van der Waals surface area (Å²) in [5.41, 5.74) is 0. The number of carbonyl (C=O) groups is 1. The maximum absolute atomic E-state index is 10.8. The SMILES string of the molecule is C[CH]OCCOC(=O)NCCOC. The molecule has 5 heteroatoms. The molecule has 0 aromatic heterocycles. The highest BCUT2D eigenvalue weighted by Crippen LogP contribution is 1.82. The van der Waals surface area contributed by atoms with Gasteiger partial charge in [0.25, 0.3) is 0 Å². The molecule has 0 aliphatic rings. The second-order valence-electron chi connectivity index (χ2n) is 2.16. The fourth-order valence-electron chi connectivity index (χ4n) is 0.607. The minimum absolute atomic E-state index is 0.253. The summed E-state index contributed by atoms with van der Waals surface area (Å²) in [6.45, 7) is 4.88. The van der Waals surface area contributed by atoms with Crippen molar-refractivity contribution in [2.75, 3.05) is 33.5 Å². The zero-order valence-corrected chi connectivity index (χ0v) is 8.04. The molecule has 0 bridgehead atoms. The maximum atomic E-state index is 10.8. The van der Waals surface area contributed by atoms with Crippen LogP contribution in [0.25, 0.3) is 0 Å². The van der Waals surface area contributed by atoms with Crippen LogP contribution in [-0.4, -0.2) is 39.6 Å². The second-order valence-corrected chi connectivity index (χ2v) is 2.16. The van der Waals surface area contributed by atoms with Crippen molar-refractivity contribution in [3.05, 3.63) is 6.61 Å². The summed E-state index contributed by atoms with van der Waals surface area (Å²) in [5.74, 6) is 0. The third-order valence-electron chi connectivity index (χ3n) is 1.18. The minimum Gasteiger partial charge on any atom is -0.447 e. The van der Waals surface area contributed by atoms with E-state index >= 15 is 0 Å². The van der Waals surface area contributed by atoms with Crippen LogP contribution < -0.4 is 5.32 Å². The number of carbonyl (C=O) groups excluding carboxylic acids is 1. The Kier molecular flexibility index (Phi) is 8.70. The highest BCUT2D eigenvalue weighted by molar-refractivity contribution is 5.66. The van der Waals surface area contributed by atoms with Gasteiger partial charge in [-0.3, -0.25) is 0 Å². The largest absolute Gasteiger partial charge is 0.447 e. The highest BCUT2D eigenvalue weighted by atomic mass is 16.6. The molecule has 0 heterocycles. The number of hydrogen-bond acceptors (Lipinski definition) is 4. The van der Waals surface area contributed by atoms with Crippen LogP contribution in [0, 0.1) is 6.61 Å². The van der Waals surface area contributed by atoms with Gasteiger partial charge in [-0.2, -0.15) is 0 Å². The monoisotopic (exact) mass is 190 g/mol. The Balaban J connectivity index is 3.11. The molecular formula is C8H16NO4. The van der Waals surface area contributed by atoms with Gasteiger partial charge in [-0.15, -0.1) is 0 Å². The number of ether oxygens (including phenoxy) is 3. The zero-order chi connectivity index (χ0) is 9.94. The molecule has 0 saturated carbocycles. The normalized spacial score (nSPS) is 9.69. The first-order valence-electron chi connectivity index (χ1n) is 4.10. The molecule has 0 unspecified atom stereocenters. The molecule has 0 fully saturated rings. The molecule has 0 spiro atoms. The average Bonchev–Trinajstić information content (AvgIpc) is 2.13. The van der Waals surface area contributed by atoms with E-state index in [1.54, 1.807) is 20.6 Å². The highest BCUT2D eigenvalue weighted by Gasteiger charge is 1.99. The van der Waals surface area contributed by atoms with Crippen molar-refractivity contribution in [2.45, 2.75) is 6.92 Å². The number of nitrogens with one attached hydrogen (secondary N) is 1. The lowest BCUT2D eigenvalue weighted by Crippen LogP contribution is -2.28. The molecular weight excluding hydrogens is 174 g/mol. The van der Waals surface area contributed by atoms with Crippen molar-refractivity contribution in [3.63, 3.8) is 0 Å². The van der Waals surface area contributed by atoms with Crippen molar-refractivity contribution >= 4 is 6.09 Å². The van der Waals surface area contributed by atoms with Crippen molar-refractivity contribution in [3.8, 4) is 0 Å². The Morgan fingerprint density at radius 3 is 2.77 bits per heavy atom. The smallest absolute Gasteiger partial charge is 0.407 e. The van der Waals surface area contributed by atoms with Crippen LogP contribution in [0.1, 0.15) is 6.92 Å². The van der Waals surface area contributed by atoms with Gasteiger partial charge in [0.1, 0.15) is 6.61 Å². The van der Waals surface area contributed by atoms with E-state index in [4.69, 9.17) is 14.2 Å². The molecule has 13 heavy (non-hydrogen) atoms. The summed E-state index contributed by atoms with van der Waals surface area (Å²) in [4.78, 5) is 10.8. The van der Waals surface area contributed by atoms with Crippen LogP contribution in [0.3, 0.4) is 0 Å². The van der Waals surface area contributed by atoms with E-state index < -0.39 is 6.09 Å². The van der Waals surface area contributed by atoms with Gasteiger partial charge in [0.05, 0.1) is 19.8 Å². The Labute approximate surface area is 78.3 Å². The van der Waals surface area contributed by atoms with E-state index in [1.165, 1.54) is 0 Å². The molecule has 5 nitrogen and oxygen atoms in total. The van der Waals surface area contributed by atoms with Gasteiger partial charge >= 0.3 is 6.09 Å². The molecule has 0 aromatic rings. The molecule has 0 saturated heterocycles. The van der Waals surface area contributed by atoms with Crippen molar-refractivity contribution in [2.24, 2.45) is 0 Å². The third-order valence-corrected chi connectivity index (χ3v) is 1.18. The Morgan fingerprint density at radius 1 is 1.38 bits per heavy atom. The van der Waals surface area contributed by atoms with E-state index in [2.05, 4.69) is 5.32 Å². The van der Waals surface area contributed by atoms with Gasteiger partial charge in [0.2, 0.25) is 0 Å². The Morgan fingerprint density at radius 2 is 2.15 bits per heavy atom. The predicted octanol–water partition coefficient (Wildman–Crippen LogP) is 0.557. The van der Waals surface area contributed by atoms with Crippen LogP contribution in [-0.2, 0) is 14.2 Å². The summed E-state index contributed by atoms with van der Waals surface area (Å²) in [7, 11) is 1.57. The molecule has 77 valence electrons. The van der Waals surface area contributed by atoms with Crippen LogP contribution in [0.2, 0.25) is 0 Å². The predicted molar refractivity (Wildman–Crippen MR) is 47.2 cm³/mol. The number of alkyl carbamates (subject to hydrolysis) is 1. The van der Waals surface area contributed by atoms with Gasteiger partial charge in [-0.1, -0.05) is 0 Å². The standard InChI is InChI=1S/C8H16NO4/c1-3-12-6-7-13-8(10)9-4-5-11-2/h3H,4-7H2,1-2H3,(H,9,10). The van der Waals surface area contributed by atoms with E-state index in [1.807, 2.05) is 0 Å². The molecule has 0 atom stereocenters. The number of amides is 1. The lowest BCUT2D eigenvalue weighted by molar-refractivity contribution is 0.0986. The third kappa shape index (κ3) is 9.10. The van der Waals surface area contributed by atoms with Crippen molar-refractivity contribution in [1.29, 1.82) is 0 Å². The second kappa shape index (κ2) is 9.28. The van der Waals surface area contributed by atoms with Crippen molar-refractivity contribution < 1.29 is 19.0 Å². The zero-order valence-electron chi connectivity index (χ0n) is 8.04. The Bertz CT molecular complexity index is 129. The van der Waals surface area contributed by atoms with Crippen LogP contribution in [0.4, 0.5) is 4.79 Å². The number of rotatable bonds is 7. The van der Waals surface area contributed by atoms with Gasteiger partial charge in [-0.05, 0) is 6.92 Å². The van der Waals surface area contributed by atoms with E-state index in [-0.39, 0.29) is 6.61 Å². The summed E-state index contributed by atoms with van der Waals surface area (Å²) < 4.78 is 14.3. The van der Waals surface area contributed by atoms with Gasteiger partial charge in [-0.25, -0.2) is 4.79 Å². The first kappa shape index (κ1) is 12.2. The molecule has 0 rings (SSSR count). The summed E-state index contributed by atoms with van der Waals surface area (Å²) in [6.07, 6.45) is -0.447. The first-order valence-corrected chi connectivity index (χ1v) is 4.10. The molecule has 0 aliphatic heterocycles. The van der Waals surface area contributed by atoms with Crippen LogP contribution in [0.5, 0.6) is 0 Å².